The van der Waals surface area contributed by atoms with Gasteiger partial charge in [-0.05, 0) is 76.7 Å². The SMILES string of the molecule is CC/C=C\C/C=C\C/C=C\C/C=C\C/C=C\CCCCCCCCCC(=O)OC(/C=C/CCCCCCCCCCCC)C(COP(=O)([O-])OCC[N+](C)(C)C)NC(=O)CCCCCCCCCCCCCCCCCC. The van der Waals surface area contributed by atoms with Crippen LogP contribution in [0.5, 0.6) is 0 Å². The first kappa shape index (κ1) is 74.5. The van der Waals surface area contributed by atoms with E-state index in [1.165, 1.54) is 154 Å². The van der Waals surface area contributed by atoms with Crippen molar-refractivity contribution >= 4 is 19.7 Å². The van der Waals surface area contributed by atoms with Crippen LogP contribution in [0, 0.1) is 0 Å². The first-order valence-electron chi connectivity index (χ1n) is 32.2. The number of hydrogen-bond donors (Lipinski definition) is 1. The third kappa shape index (κ3) is 57.9. The number of likely N-dealkylation sites (N-methyl/N-ethyl adjacent to an activating group) is 1. The number of esters is 1. The highest BCUT2D eigenvalue weighted by molar-refractivity contribution is 7.45. The number of nitrogens with one attached hydrogen (secondary N) is 1. The zero-order chi connectivity index (χ0) is 56.4. The molecule has 0 aliphatic carbocycles. The molecular formula is C67H123N2O7P. The third-order valence-corrected chi connectivity index (χ3v) is 15.1. The lowest BCUT2D eigenvalue weighted by Crippen LogP contribution is -2.47. The number of phosphoric ester groups is 1. The number of carbonyl (C=O) groups is 2. The summed E-state index contributed by atoms with van der Waals surface area (Å²) in [5.74, 6) is -0.546. The van der Waals surface area contributed by atoms with E-state index in [-0.39, 0.29) is 24.9 Å². The lowest BCUT2D eigenvalue weighted by atomic mass is 10.0. The summed E-state index contributed by atoms with van der Waals surface area (Å²) in [5, 5.41) is 3.03. The summed E-state index contributed by atoms with van der Waals surface area (Å²) in [6.07, 6.45) is 72.9. The molecule has 0 aromatic heterocycles. The van der Waals surface area contributed by atoms with Crippen LogP contribution in [-0.4, -0.2) is 69.4 Å². The molecule has 0 aromatic rings. The number of allylic oxidation sites excluding steroid dienone is 11. The molecule has 3 unspecified atom stereocenters. The Balaban J connectivity index is 5.20. The van der Waals surface area contributed by atoms with E-state index in [1.54, 1.807) is 0 Å². The van der Waals surface area contributed by atoms with Gasteiger partial charge in [0, 0.05) is 12.8 Å². The van der Waals surface area contributed by atoms with Crippen molar-refractivity contribution < 1.29 is 37.3 Å². The molecule has 77 heavy (non-hydrogen) atoms. The monoisotopic (exact) mass is 1100 g/mol. The van der Waals surface area contributed by atoms with Crippen molar-refractivity contribution in [1.29, 1.82) is 0 Å². The van der Waals surface area contributed by atoms with Crippen LogP contribution in [0.25, 0.3) is 0 Å². The minimum absolute atomic E-state index is 0.0250. The highest BCUT2D eigenvalue weighted by Gasteiger charge is 2.27. The molecular weight excluding hydrogens is 976 g/mol. The van der Waals surface area contributed by atoms with Gasteiger partial charge in [-0.15, -0.1) is 0 Å². The molecule has 1 amide bonds. The van der Waals surface area contributed by atoms with E-state index in [9.17, 15) is 19.0 Å². The lowest BCUT2D eigenvalue weighted by Gasteiger charge is -2.30. The number of ether oxygens (including phenoxy) is 1. The number of carbonyl (C=O) groups excluding carboxylic acids is 2. The van der Waals surface area contributed by atoms with Gasteiger partial charge >= 0.3 is 5.97 Å². The molecule has 10 heteroatoms. The molecule has 0 aliphatic heterocycles. The summed E-state index contributed by atoms with van der Waals surface area (Å²) in [4.78, 5) is 40.0. The summed E-state index contributed by atoms with van der Waals surface area (Å²) >= 11 is 0. The summed E-state index contributed by atoms with van der Waals surface area (Å²) in [7, 11) is 1.18. The average molecular weight is 1100 g/mol. The maximum Gasteiger partial charge on any atom is 0.306 e. The number of phosphoric acid groups is 1. The summed E-state index contributed by atoms with van der Waals surface area (Å²) in [6, 6.07) is -0.893. The second-order valence-corrected chi connectivity index (χ2v) is 24.3. The minimum Gasteiger partial charge on any atom is -0.756 e. The quantitative estimate of drug-likeness (QED) is 0.0212. The van der Waals surface area contributed by atoms with Crippen molar-refractivity contribution in [1.82, 2.24) is 5.32 Å². The predicted octanol–water partition coefficient (Wildman–Crippen LogP) is 19.4. The van der Waals surface area contributed by atoms with Gasteiger partial charge in [0.1, 0.15) is 19.3 Å². The molecule has 1 N–H and O–H groups in total. The van der Waals surface area contributed by atoms with Crippen LogP contribution in [0.15, 0.2) is 72.9 Å². The predicted molar refractivity (Wildman–Crippen MR) is 330 cm³/mol. The van der Waals surface area contributed by atoms with Gasteiger partial charge in [-0.25, -0.2) is 0 Å². The van der Waals surface area contributed by atoms with E-state index >= 15 is 0 Å². The molecule has 0 spiro atoms. The van der Waals surface area contributed by atoms with Crippen LogP contribution in [0.2, 0.25) is 0 Å². The van der Waals surface area contributed by atoms with Gasteiger partial charge in [0.05, 0.1) is 33.8 Å². The first-order valence-corrected chi connectivity index (χ1v) is 33.7. The van der Waals surface area contributed by atoms with Gasteiger partial charge < -0.3 is 28.5 Å². The fraction of sp³-hybridized carbons (Fsp3) is 0.791. The lowest BCUT2D eigenvalue weighted by molar-refractivity contribution is -0.870. The number of hydrogen-bond acceptors (Lipinski definition) is 7. The van der Waals surface area contributed by atoms with Gasteiger partial charge in [0.15, 0.2) is 0 Å². The molecule has 0 rings (SSSR count). The van der Waals surface area contributed by atoms with E-state index in [1.807, 2.05) is 33.3 Å². The molecule has 0 bridgehead atoms. The largest absolute Gasteiger partial charge is 0.756 e. The zero-order valence-corrected chi connectivity index (χ0v) is 52.0. The van der Waals surface area contributed by atoms with Gasteiger partial charge in [-0.3, -0.25) is 14.2 Å². The van der Waals surface area contributed by atoms with Gasteiger partial charge in [-0.2, -0.15) is 0 Å². The summed E-state index contributed by atoms with van der Waals surface area (Å²) in [6.45, 7) is 6.74. The van der Waals surface area contributed by atoms with E-state index in [4.69, 9.17) is 13.8 Å². The molecule has 0 fully saturated rings. The Hall–Kier alpha value is -2.55. The van der Waals surface area contributed by atoms with Crippen LogP contribution in [-0.2, 0) is 27.9 Å². The average Bonchev–Trinajstić information content (AvgIpc) is 3.39. The normalized spacial score (nSPS) is 14.1. The van der Waals surface area contributed by atoms with Crippen LogP contribution in [0.4, 0.5) is 0 Å². The van der Waals surface area contributed by atoms with Crippen LogP contribution >= 0.6 is 7.82 Å². The zero-order valence-electron chi connectivity index (χ0n) is 51.2. The van der Waals surface area contributed by atoms with Crippen LogP contribution in [0.3, 0.4) is 0 Å². The molecule has 9 nitrogen and oxygen atoms in total. The Morgan fingerprint density at radius 1 is 0.468 bits per heavy atom. The van der Waals surface area contributed by atoms with Crippen molar-refractivity contribution in [3.05, 3.63) is 72.9 Å². The van der Waals surface area contributed by atoms with Crippen LogP contribution in [0.1, 0.15) is 290 Å². The Bertz CT molecular complexity index is 1550. The molecule has 0 heterocycles. The number of amides is 1. The Kier molecular flexibility index (Phi) is 54.8. The van der Waals surface area contributed by atoms with E-state index in [0.29, 0.717) is 17.4 Å². The van der Waals surface area contributed by atoms with Gasteiger partial charge in [0.25, 0.3) is 7.82 Å². The van der Waals surface area contributed by atoms with E-state index < -0.39 is 26.6 Å². The topological polar surface area (TPSA) is 114 Å². The molecule has 0 aromatic carbocycles. The number of nitrogens with zero attached hydrogens (tertiary/aromatic N) is 1. The highest BCUT2D eigenvalue weighted by Crippen LogP contribution is 2.38. The standard InChI is InChI=1S/C67H123N2O7P/c1-7-10-13-16-19-22-25-28-30-32-33-34-35-36-37-38-40-42-45-48-51-54-57-60-67(71)76-65(58-55-52-49-46-43-27-24-21-18-15-12-9-3)64(63-75-77(72,73)74-62-61-69(4,5)6)68-66(70)59-56-53-50-47-44-41-39-31-29-26-23-20-17-14-11-8-2/h10,13,19,22,28,30,33-34,36-37,55,58,64-65H,7-9,11-12,14-18,20-21,23-27,29,31-32,35,38-54,56-57,59-63H2,1-6H3,(H-,68,70,72,73)/b13-10-,22-19-,30-28-,34-33-,37-36-,58-55+. The van der Waals surface area contributed by atoms with Crippen molar-refractivity contribution in [2.75, 3.05) is 40.9 Å². The molecule has 0 saturated carbocycles. The first-order chi connectivity index (χ1) is 37.4. The van der Waals surface area contributed by atoms with Crippen molar-refractivity contribution in [3.8, 4) is 0 Å². The Morgan fingerprint density at radius 3 is 1.25 bits per heavy atom. The van der Waals surface area contributed by atoms with Crippen LogP contribution < -0.4 is 10.2 Å². The fourth-order valence-corrected chi connectivity index (χ4v) is 9.92. The van der Waals surface area contributed by atoms with E-state index in [2.05, 4.69) is 86.8 Å². The van der Waals surface area contributed by atoms with Crippen molar-refractivity contribution in [2.45, 2.75) is 303 Å². The number of quaternary nitrogens is 1. The molecule has 0 radical (unpaired) electrons. The summed E-state index contributed by atoms with van der Waals surface area (Å²) < 4.78 is 30.3. The molecule has 0 saturated heterocycles. The van der Waals surface area contributed by atoms with E-state index in [0.717, 1.165) is 103 Å². The van der Waals surface area contributed by atoms with Crippen molar-refractivity contribution in [2.24, 2.45) is 0 Å². The van der Waals surface area contributed by atoms with Gasteiger partial charge in [0.2, 0.25) is 5.91 Å². The molecule has 0 aliphatic rings. The Labute approximate surface area is 476 Å². The third-order valence-electron chi connectivity index (χ3n) is 14.2. The maximum absolute atomic E-state index is 13.5. The Morgan fingerprint density at radius 2 is 0.831 bits per heavy atom. The maximum atomic E-state index is 13.5. The molecule has 448 valence electrons. The molecule has 3 atom stereocenters. The highest BCUT2D eigenvalue weighted by atomic mass is 31.2. The second-order valence-electron chi connectivity index (χ2n) is 22.9. The number of unbranched alkanes of at least 4 members (excludes halogenated alkanes) is 32. The van der Waals surface area contributed by atoms with Crippen molar-refractivity contribution in [3.63, 3.8) is 0 Å². The summed E-state index contributed by atoms with van der Waals surface area (Å²) in [5.41, 5.74) is 0. The fourth-order valence-electron chi connectivity index (χ4n) is 9.20. The smallest absolute Gasteiger partial charge is 0.306 e. The second kappa shape index (κ2) is 56.7. The van der Waals surface area contributed by atoms with Gasteiger partial charge in [-0.1, -0.05) is 274 Å². The number of rotatable bonds is 58. The minimum atomic E-state index is -4.70.